The minimum absolute atomic E-state index is 0.594. The molecule has 0 spiro atoms. The summed E-state index contributed by atoms with van der Waals surface area (Å²) in [6, 6.07) is 8.61. The van der Waals surface area contributed by atoms with Crippen LogP contribution in [-0.2, 0) is 0 Å². The zero-order valence-corrected chi connectivity index (χ0v) is 12.1. The van der Waals surface area contributed by atoms with Crippen molar-refractivity contribution in [1.82, 2.24) is 9.55 Å². The maximum Gasteiger partial charge on any atom is 0.140 e. The molecule has 0 bridgehead atoms. The third kappa shape index (κ3) is 2.58. The van der Waals surface area contributed by atoms with Gasteiger partial charge in [-0.05, 0) is 43.7 Å². The fraction of sp³-hybridized carbons (Fsp3) is 0.471. The van der Waals surface area contributed by atoms with Crippen LogP contribution in [0.25, 0.3) is 11.4 Å². The maximum atomic E-state index is 5.89. The largest absolute Gasteiger partial charge is 0.399 e. The minimum atomic E-state index is 0.594. The summed E-state index contributed by atoms with van der Waals surface area (Å²) in [5, 5.41) is 0. The molecule has 0 radical (unpaired) electrons. The summed E-state index contributed by atoms with van der Waals surface area (Å²) in [7, 11) is 0. The number of nitrogens with two attached hydrogens (primary N) is 1. The van der Waals surface area contributed by atoms with Crippen LogP contribution in [0.15, 0.2) is 36.7 Å². The normalized spacial score (nSPS) is 22.9. The van der Waals surface area contributed by atoms with Gasteiger partial charge in [0.2, 0.25) is 0 Å². The molecule has 0 unspecified atom stereocenters. The highest BCUT2D eigenvalue weighted by atomic mass is 15.1. The molecule has 1 aliphatic carbocycles. The van der Waals surface area contributed by atoms with E-state index in [1.165, 1.54) is 32.1 Å². The lowest BCUT2D eigenvalue weighted by Crippen LogP contribution is -2.18. The lowest BCUT2D eigenvalue weighted by atomic mass is 9.84. The Morgan fingerprint density at radius 3 is 2.75 bits per heavy atom. The molecule has 1 heterocycles. The maximum absolute atomic E-state index is 5.89. The van der Waals surface area contributed by atoms with E-state index < -0.39 is 0 Å². The number of anilines is 1. The Morgan fingerprint density at radius 2 is 2.05 bits per heavy atom. The molecule has 1 aromatic heterocycles. The number of hydrogen-bond donors (Lipinski definition) is 1. The lowest BCUT2D eigenvalue weighted by molar-refractivity contribution is 0.271. The van der Waals surface area contributed by atoms with E-state index in [0.29, 0.717) is 6.04 Å². The van der Waals surface area contributed by atoms with Crippen molar-refractivity contribution in [2.75, 3.05) is 5.73 Å². The Bertz CT molecular complexity index is 565. The summed E-state index contributed by atoms with van der Waals surface area (Å²) >= 11 is 0. The van der Waals surface area contributed by atoms with Gasteiger partial charge >= 0.3 is 0 Å². The second-order valence-corrected chi connectivity index (χ2v) is 5.87. The summed E-state index contributed by atoms with van der Waals surface area (Å²) in [6.45, 7) is 2.31. The van der Waals surface area contributed by atoms with E-state index in [1.807, 2.05) is 24.4 Å². The van der Waals surface area contributed by atoms with E-state index in [9.17, 15) is 0 Å². The molecule has 2 N–H and O–H groups in total. The Kier molecular flexibility index (Phi) is 3.77. The number of rotatable bonds is 3. The summed E-state index contributed by atoms with van der Waals surface area (Å²) in [6.07, 6.45) is 10.6. The molecule has 0 amide bonds. The summed E-state index contributed by atoms with van der Waals surface area (Å²) < 4.78 is 2.35. The van der Waals surface area contributed by atoms with Crippen LogP contribution in [0.5, 0.6) is 0 Å². The fourth-order valence-electron chi connectivity index (χ4n) is 3.34. The number of aromatic nitrogens is 2. The van der Waals surface area contributed by atoms with Crippen LogP contribution in [0, 0.1) is 5.92 Å². The van der Waals surface area contributed by atoms with Gasteiger partial charge in [0.25, 0.3) is 0 Å². The second-order valence-electron chi connectivity index (χ2n) is 5.87. The Balaban J connectivity index is 1.84. The van der Waals surface area contributed by atoms with Crippen LogP contribution in [0.3, 0.4) is 0 Å². The zero-order chi connectivity index (χ0) is 13.9. The predicted octanol–water partition coefficient (Wildman–Crippen LogP) is 4.27. The number of benzene rings is 1. The van der Waals surface area contributed by atoms with Crippen LogP contribution < -0.4 is 5.73 Å². The Labute approximate surface area is 120 Å². The summed E-state index contributed by atoms with van der Waals surface area (Å²) in [4.78, 5) is 4.55. The SMILES string of the molecule is CCC1CCC(n2ccnc2-c2cccc(N)c2)CC1. The van der Waals surface area contributed by atoms with Gasteiger partial charge in [-0.15, -0.1) is 0 Å². The predicted molar refractivity (Wildman–Crippen MR) is 83.4 cm³/mol. The average molecular weight is 269 g/mol. The number of nitrogens with zero attached hydrogens (tertiary/aromatic N) is 2. The highest BCUT2D eigenvalue weighted by molar-refractivity contribution is 5.61. The second kappa shape index (κ2) is 5.70. The van der Waals surface area contributed by atoms with Gasteiger partial charge in [0.05, 0.1) is 0 Å². The van der Waals surface area contributed by atoms with E-state index in [-0.39, 0.29) is 0 Å². The highest BCUT2D eigenvalue weighted by Crippen LogP contribution is 2.35. The van der Waals surface area contributed by atoms with Crippen LogP contribution in [-0.4, -0.2) is 9.55 Å². The van der Waals surface area contributed by atoms with Crippen LogP contribution in [0.1, 0.15) is 45.1 Å². The molecule has 0 saturated heterocycles. The van der Waals surface area contributed by atoms with Crippen molar-refractivity contribution in [2.45, 2.75) is 45.1 Å². The first-order chi connectivity index (χ1) is 9.78. The highest BCUT2D eigenvalue weighted by Gasteiger charge is 2.23. The molecule has 3 nitrogen and oxygen atoms in total. The van der Waals surface area contributed by atoms with Crippen molar-refractivity contribution in [3.05, 3.63) is 36.7 Å². The van der Waals surface area contributed by atoms with Crippen LogP contribution >= 0.6 is 0 Å². The number of hydrogen-bond acceptors (Lipinski definition) is 2. The lowest BCUT2D eigenvalue weighted by Gasteiger charge is -2.29. The average Bonchev–Trinajstić information content (AvgIpc) is 2.97. The molecule has 1 fully saturated rings. The molecule has 20 heavy (non-hydrogen) atoms. The first kappa shape index (κ1) is 13.2. The molecule has 1 aromatic carbocycles. The standard InChI is InChI=1S/C17H23N3/c1-2-13-6-8-16(9-7-13)20-11-10-19-17(20)14-4-3-5-15(18)12-14/h3-5,10-13,16H,2,6-9,18H2,1H3. The zero-order valence-electron chi connectivity index (χ0n) is 12.1. The number of nitrogen functional groups attached to an aromatic ring is 1. The third-order valence-corrected chi connectivity index (χ3v) is 4.60. The van der Waals surface area contributed by atoms with Crippen molar-refractivity contribution >= 4 is 5.69 Å². The van der Waals surface area contributed by atoms with Crippen molar-refractivity contribution in [3.8, 4) is 11.4 Å². The molecule has 2 aromatic rings. The first-order valence-electron chi connectivity index (χ1n) is 7.66. The molecule has 1 saturated carbocycles. The quantitative estimate of drug-likeness (QED) is 0.845. The van der Waals surface area contributed by atoms with Gasteiger partial charge in [-0.2, -0.15) is 0 Å². The topological polar surface area (TPSA) is 43.8 Å². The van der Waals surface area contributed by atoms with E-state index in [0.717, 1.165) is 23.0 Å². The fourth-order valence-corrected chi connectivity index (χ4v) is 3.34. The smallest absolute Gasteiger partial charge is 0.140 e. The molecular weight excluding hydrogens is 246 g/mol. The van der Waals surface area contributed by atoms with Gasteiger partial charge in [0, 0.05) is 29.7 Å². The van der Waals surface area contributed by atoms with Crippen molar-refractivity contribution < 1.29 is 0 Å². The molecule has 3 rings (SSSR count). The van der Waals surface area contributed by atoms with Gasteiger partial charge in [-0.3, -0.25) is 0 Å². The molecule has 106 valence electrons. The van der Waals surface area contributed by atoms with Crippen molar-refractivity contribution in [1.29, 1.82) is 0 Å². The van der Waals surface area contributed by atoms with Crippen LogP contribution in [0.2, 0.25) is 0 Å². The Hall–Kier alpha value is -1.77. The van der Waals surface area contributed by atoms with Gasteiger partial charge in [-0.25, -0.2) is 4.98 Å². The molecule has 0 atom stereocenters. The van der Waals surface area contributed by atoms with Crippen LogP contribution in [0.4, 0.5) is 5.69 Å². The van der Waals surface area contributed by atoms with Gasteiger partial charge in [0.1, 0.15) is 5.82 Å². The van der Waals surface area contributed by atoms with E-state index in [4.69, 9.17) is 5.73 Å². The minimum Gasteiger partial charge on any atom is -0.399 e. The van der Waals surface area contributed by atoms with E-state index in [1.54, 1.807) is 0 Å². The summed E-state index contributed by atoms with van der Waals surface area (Å²) in [5.41, 5.74) is 7.81. The summed E-state index contributed by atoms with van der Waals surface area (Å²) in [5.74, 6) is 1.97. The number of imidazole rings is 1. The monoisotopic (exact) mass is 269 g/mol. The Morgan fingerprint density at radius 1 is 1.25 bits per heavy atom. The van der Waals surface area contributed by atoms with Gasteiger partial charge in [0.15, 0.2) is 0 Å². The van der Waals surface area contributed by atoms with E-state index >= 15 is 0 Å². The van der Waals surface area contributed by atoms with Crippen molar-refractivity contribution in [3.63, 3.8) is 0 Å². The van der Waals surface area contributed by atoms with Gasteiger partial charge < -0.3 is 10.3 Å². The molecule has 3 heteroatoms. The third-order valence-electron chi connectivity index (χ3n) is 4.60. The molecular formula is C17H23N3. The van der Waals surface area contributed by atoms with Crippen molar-refractivity contribution in [2.24, 2.45) is 5.92 Å². The molecule has 1 aliphatic rings. The first-order valence-corrected chi connectivity index (χ1v) is 7.66. The van der Waals surface area contributed by atoms with E-state index in [2.05, 4.69) is 28.7 Å². The molecule has 0 aliphatic heterocycles. The van der Waals surface area contributed by atoms with Gasteiger partial charge in [-0.1, -0.05) is 25.5 Å².